The molecular weight excluding hydrogens is 524 g/mol. The van der Waals surface area contributed by atoms with E-state index < -0.39 is 47.6 Å². The lowest BCUT2D eigenvalue weighted by atomic mass is 9.96. The minimum absolute atomic E-state index is 0.0345. The Bertz CT molecular complexity index is 980. The zero-order valence-corrected chi connectivity index (χ0v) is 20.6. The topological polar surface area (TPSA) is 58.2 Å². The van der Waals surface area contributed by atoms with E-state index in [2.05, 4.69) is 0 Å². The van der Waals surface area contributed by atoms with Gasteiger partial charge in [0.1, 0.15) is 0 Å². The number of carbonyl (C=O) groups excluding carboxylic acids is 2. The van der Waals surface area contributed by atoms with E-state index in [0.29, 0.717) is 0 Å². The third-order valence-corrected chi connectivity index (χ3v) is 5.93. The number of aryl methyl sites for hydroxylation is 2. The van der Waals surface area contributed by atoms with Gasteiger partial charge in [-0.25, -0.2) is 0 Å². The van der Waals surface area contributed by atoms with Gasteiger partial charge in [0, 0.05) is 12.1 Å². The molecular formula is C26H28F8N2O2. The van der Waals surface area contributed by atoms with Gasteiger partial charge in [0.15, 0.2) is 0 Å². The standard InChI is InChI=1S/C26H28F8N2O2/c1-17(13-15-19-9-5-3-6-10-19)35-21(37)23(27,28)25(31,32)26(33,34)24(29,30)22(38)36-18(2)14-16-20-11-7-4-8-12-20/h3-12,17-18H,13-16H2,1-2H3,(H,35,37)(H,36,38)/t17-,18-/m0/s1. The number of halogens is 8. The van der Waals surface area contributed by atoms with E-state index in [0.717, 1.165) is 25.0 Å². The lowest BCUT2D eigenvalue weighted by Crippen LogP contribution is -2.69. The van der Waals surface area contributed by atoms with Crippen molar-refractivity contribution in [2.24, 2.45) is 0 Å². The zero-order valence-electron chi connectivity index (χ0n) is 20.6. The molecule has 210 valence electrons. The largest absolute Gasteiger partial charge is 0.392 e. The Morgan fingerprint density at radius 1 is 0.605 bits per heavy atom. The van der Waals surface area contributed by atoms with Crippen LogP contribution in [0.4, 0.5) is 35.1 Å². The Morgan fingerprint density at radius 3 is 1.18 bits per heavy atom. The Hall–Kier alpha value is -3.18. The predicted octanol–water partition coefficient (Wildman–Crippen LogP) is 5.80. The van der Waals surface area contributed by atoms with Crippen molar-refractivity contribution < 1.29 is 44.7 Å². The van der Waals surface area contributed by atoms with E-state index in [1.807, 2.05) is 0 Å². The van der Waals surface area contributed by atoms with E-state index in [4.69, 9.17) is 0 Å². The summed E-state index contributed by atoms with van der Waals surface area (Å²) in [6, 6.07) is 14.4. The molecule has 38 heavy (non-hydrogen) atoms. The van der Waals surface area contributed by atoms with Crippen LogP contribution in [0.3, 0.4) is 0 Å². The number of nitrogens with one attached hydrogen (secondary N) is 2. The van der Waals surface area contributed by atoms with Crippen LogP contribution in [0.5, 0.6) is 0 Å². The van der Waals surface area contributed by atoms with Crippen LogP contribution in [-0.2, 0) is 22.4 Å². The maximum Gasteiger partial charge on any atom is 0.392 e. The highest BCUT2D eigenvalue weighted by atomic mass is 19.4. The van der Waals surface area contributed by atoms with Crippen LogP contribution in [0.1, 0.15) is 37.8 Å². The molecule has 0 aliphatic heterocycles. The van der Waals surface area contributed by atoms with Crippen molar-refractivity contribution in [1.82, 2.24) is 10.6 Å². The van der Waals surface area contributed by atoms with Crippen molar-refractivity contribution in [2.75, 3.05) is 0 Å². The maximum atomic E-state index is 14.3. The Labute approximate surface area is 214 Å². The first-order chi connectivity index (χ1) is 17.5. The van der Waals surface area contributed by atoms with Crippen molar-refractivity contribution in [2.45, 2.75) is 75.3 Å². The first-order valence-corrected chi connectivity index (χ1v) is 11.7. The molecule has 12 heteroatoms. The second kappa shape index (κ2) is 12.1. The average molecular weight is 553 g/mol. The lowest BCUT2D eigenvalue weighted by molar-refractivity contribution is -0.347. The van der Waals surface area contributed by atoms with Crippen LogP contribution in [0, 0.1) is 0 Å². The van der Waals surface area contributed by atoms with Crippen molar-refractivity contribution in [3.05, 3.63) is 71.8 Å². The molecule has 0 radical (unpaired) electrons. The summed E-state index contributed by atoms with van der Waals surface area (Å²) in [5.74, 6) is -32.1. The van der Waals surface area contributed by atoms with Gasteiger partial charge in [-0.05, 0) is 50.7 Å². The van der Waals surface area contributed by atoms with E-state index in [-0.39, 0.29) is 25.7 Å². The summed E-state index contributed by atoms with van der Waals surface area (Å²) >= 11 is 0. The van der Waals surface area contributed by atoms with Crippen molar-refractivity contribution in [1.29, 1.82) is 0 Å². The van der Waals surface area contributed by atoms with Crippen molar-refractivity contribution in [3.8, 4) is 0 Å². The number of rotatable bonds is 13. The van der Waals surface area contributed by atoms with Gasteiger partial charge < -0.3 is 10.6 Å². The highest BCUT2D eigenvalue weighted by Crippen LogP contribution is 2.52. The van der Waals surface area contributed by atoms with Crippen LogP contribution in [0.15, 0.2) is 60.7 Å². The molecule has 2 N–H and O–H groups in total. The van der Waals surface area contributed by atoms with Gasteiger partial charge >= 0.3 is 23.7 Å². The van der Waals surface area contributed by atoms with Gasteiger partial charge in [-0.3, -0.25) is 9.59 Å². The summed E-state index contributed by atoms with van der Waals surface area (Å²) in [6.45, 7) is 2.32. The van der Waals surface area contributed by atoms with Crippen LogP contribution in [0.25, 0.3) is 0 Å². The first-order valence-electron chi connectivity index (χ1n) is 11.7. The minimum Gasteiger partial charge on any atom is -0.348 e. The molecule has 0 saturated heterocycles. The second-order valence-corrected chi connectivity index (χ2v) is 9.10. The average Bonchev–Trinajstić information content (AvgIpc) is 2.87. The molecule has 2 aromatic carbocycles. The highest BCUT2D eigenvalue weighted by molar-refractivity contribution is 5.87. The molecule has 0 unspecified atom stereocenters. The Balaban J connectivity index is 2.07. The summed E-state index contributed by atoms with van der Waals surface area (Å²) in [6.07, 6.45) is 0.378. The summed E-state index contributed by atoms with van der Waals surface area (Å²) in [4.78, 5) is 23.7. The van der Waals surface area contributed by atoms with E-state index >= 15 is 0 Å². The summed E-state index contributed by atoms with van der Waals surface area (Å²) < 4.78 is 114. The minimum atomic E-state index is -6.91. The fourth-order valence-electron chi connectivity index (χ4n) is 3.51. The van der Waals surface area contributed by atoms with Crippen molar-refractivity contribution in [3.63, 3.8) is 0 Å². The van der Waals surface area contributed by atoms with Gasteiger partial charge in [-0.1, -0.05) is 60.7 Å². The highest BCUT2D eigenvalue weighted by Gasteiger charge is 2.84. The fourth-order valence-corrected chi connectivity index (χ4v) is 3.51. The maximum absolute atomic E-state index is 14.3. The Morgan fingerprint density at radius 2 is 0.895 bits per heavy atom. The van der Waals surface area contributed by atoms with Gasteiger partial charge in [0.2, 0.25) is 0 Å². The number of alkyl halides is 8. The number of amides is 2. The molecule has 2 atom stereocenters. The van der Waals surface area contributed by atoms with Gasteiger partial charge in [-0.15, -0.1) is 0 Å². The molecule has 2 amide bonds. The summed E-state index contributed by atoms with van der Waals surface area (Å²) in [5, 5.41) is 2.93. The van der Waals surface area contributed by atoms with E-state index in [1.54, 1.807) is 60.7 Å². The molecule has 0 bridgehead atoms. The monoisotopic (exact) mass is 552 g/mol. The Kier molecular flexibility index (Phi) is 9.90. The van der Waals surface area contributed by atoms with Crippen LogP contribution in [0.2, 0.25) is 0 Å². The van der Waals surface area contributed by atoms with Crippen LogP contribution >= 0.6 is 0 Å². The van der Waals surface area contributed by atoms with Gasteiger partial charge in [-0.2, -0.15) is 35.1 Å². The third-order valence-electron chi connectivity index (χ3n) is 5.93. The predicted molar refractivity (Wildman–Crippen MR) is 125 cm³/mol. The molecule has 2 rings (SSSR count). The molecule has 0 fully saturated rings. The summed E-state index contributed by atoms with van der Waals surface area (Å²) in [7, 11) is 0. The van der Waals surface area contributed by atoms with Gasteiger partial charge in [0.25, 0.3) is 11.8 Å². The number of hydrogen-bond acceptors (Lipinski definition) is 2. The fraction of sp³-hybridized carbons (Fsp3) is 0.462. The number of hydrogen-bond donors (Lipinski definition) is 2. The lowest BCUT2D eigenvalue weighted by Gasteiger charge is -2.36. The third kappa shape index (κ3) is 6.82. The summed E-state index contributed by atoms with van der Waals surface area (Å²) in [5.41, 5.74) is 1.45. The van der Waals surface area contributed by atoms with Crippen molar-refractivity contribution >= 4 is 11.8 Å². The SMILES string of the molecule is C[C@@H](CCc1ccccc1)NC(=O)C(F)(F)C(F)(F)C(F)(F)C(F)(F)C(=O)N[C@@H](C)CCc1ccccc1. The zero-order chi connectivity index (χ0) is 28.8. The molecule has 0 aliphatic carbocycles. The number of carbonyl (C=O) groups is 2. The van der Waals surface area contributed by atoms with Gasteiger partial charge in [0.05, 0.1) is 0 Å². The molecule has 4 nitrogen and oxygen atoms in total. The molecule has 0 spiro atoms. The second-order valence-electron chi connectivity index (χ2n) is 9.10. The molecule has 2 aromatic rings. The van der Waals surface area contributed by atoms with E-state index in [1.165, 1.54) is 10.6 Å². The number of benzene rings is 2. The van der Waals surface area contributed by atoms with Crippen LogP contribution < -0.4 is 10.6 Å². The normalized spacial score (nSPS) is 14.5. The van der Waals surface area contributed by atoms with Crippen LogP contribution in [-0.4, -0.2) is 47.6 Å². The van der Waals surface area contributed by atoms with E-state index in [9.17, 15) is 44.7 Å². The molecule has 0 saturated carbocycles. The first kappa shape index (κ1) is 31.0. The molecule has 0 aromatic heterocycles. The molecule has 0 aliphatic rings. The quantitative estimate of drug-likeness (QED) is 0.309. The smallest absolute Gasteiger partial charge is 0.348 e. The molecule has 0 heterocycles.